The molecule has 0 saturated heterocycles. The number of aromatic carboxylic acids is 1. The summed E-state index contributed by atoms with van der Waals surface area (Å²) in [5.74, 6) is -2.20. The van der Waals surface area contributed by atoms with Gasteiger partial charge in [0.25, 0.3) is 0 Å². The Kier molecular flexibility index (Phi) is 2.89. The summed E-state index contributed by atoms with van der Waals surface area (Å²) in [6.45, 7) is 1.62. The lowest BCUT2D eigenvalue weighted by atomic mass is 10.2. The molecule has 0 unspecified atom stereocenters. The highest BCUT2D eigenvalue weighted by Gasteiger charge is 2.31. The van der Waals surface area contributed by atoms with Crippen molar-refractivity contribution in [2.45, 2.75) is 13.3 Å². The van der Waals surface area contributed by atoms with Crippen molar-refractivity contribution in [2.24, 2.45) is 0 Å². The van der Waals surface area contributed by atoms with Gasteiger partial charge in [0.15, 0.2) is 0 Å². The van der Waals surface area contributed by atoms with Gasteiger partial charge in [0.05, 0.1) is 21.2 Å². The van der Waals surface area contributed by atoms with E-state index in [0.717, 1.165) is 23.5 Å². The van der Waals surface area contributed by atoms with E-state index in [4.69, 9.17) is 0 Å². The molecule has 0 fully saturated rings. The van der Waals surface area contributed by atoms with E-state index in [1.807, 2.05) is 0 Å². The van der Waals surface area contributed by atoms with Gasteiger partial charge < -0.3 is 14.6 Å². The average molecular weight is 276 g/mol. The van der Waals surface area contributed by atoms with Crippen LogP contribution in [0.1, 0.15) is 15.4 Å². The van der Waals surface area contributed by atoms with Gasteiger partial charge in [0.1, 0.15) is 5.75 Å². The summed E-state index contributed by atoms with van der Waals surface area (Å²) in [5, 5.41) is 11.4. The van der Waals surface area contributed by atoms with Crippen LogP contribution in [0, 0.1) is 6.92 Å². The molecule has 4 nitrogen and oxygen atoms in total. The topological polar surface area (TPSA) is 62.2 Å². The first kappa shape index (κ1) is 12.6. The molecule has 2 aromatic rings. The van der Waals surface area contributed by atoms with Crippen LogP contribution < -0.4 is 9.84 Å². The number of aryl methyl sites for hydroxylation is 1. The third-order valence-corrected chi connectivity index (χ3v) is 2.95. The van der Waals surface area contributed by atoms with Gasteiger partial charge >= 0.3 is 6.36 Å². The number of hydrogen-bond donors (Lipinski definition) is 0. The summed E-state index contributed by atoms with van der Waals surface area (Å²) in [5.41, 5.74) is -0.317. The van der Waals surface area contributed by atoms with E-state index < -0.39 is 23.6 Å². The van der Waals surface area contributed by atoms with Crippen molar-refractivity contribution in [2.75, 3.05) is 0 Å². The summed E-state index contributed by atoms with van der Waals surface area (Å²) >= 11 is 1.07. The highest BCUT2D eigenvalue weighted by Crippen LogP contribution is 2.32. The van der Waals surface area contributed by atoms with Gasteiger partial charge in [-0.15, -0.1) is 24.5 Å². The van der Waals surface area contributed by atoms with Crippen molar-refractivity contribution in [3.8, 4) is 5.75 Å². The molecular formula is C10H5F3NO3S-. The second kappa shape index (κ2) is 4.13. The van der Waals surface area contributed by atoms with Crippen molar-refractivity contribution in [3.63, 3.8) is 0 Å². The summed E-state index contributed by atoms with van der Waals surface area (Å²) in [4.78, 5) is 14.8. The van der Waals surface area contributed by atoms with E-state index in [9.17, 15) is 23.1 Å². The number of carbonyl (C=O) groups excluding carboxylic acids is 1. The molecule has 0 radical (unpaired) electrons. The fourth-order valence-electron chi connectivity index (χ4n) is 1.46. The predicted molar refractivity (Wildman–Crippen MR) is 55.4 cm³/mol. The van der Waals surface area contributed by atoms with Crippen molar-refractivity contribution < 1.29 is 27.8 Å². The quantitative estimate of drug-likeness (QED) is 0.840. The molecule has 0 spiro atoms. The Bertz CT molecular complexity index is 621. The zero-order chi connectivity index (χ0) is 13.5. The van der Waals surface area contributed by atoms with E-state index >= 15 is 0 Å². The number of alkyl halides is 3. The molecule has 8 heteroatoms. The lowest BCUT2D eigenvalue weighted by Crippen LogP contribution is -2.23. The van der Waals surface area contributed by atoms with Crippen LogP contribution in [0.4, 0.5) is 13.2 Å². The zero-order valence-electron chi connectivity index (χ0n) is 8.87. The molecule has 0 bridgehead atoms. The standard InChI is InChI=1S/C10H6F3NO3S/c1-4-14-8-6(9(15)16)2-5(3-7(8)18-4)17-10(11,12)13/h2-3H,1H3,(H,15,16)/p-1. The number of thiazole rings is 1. The van der Waals surface area contributed by atoms with Crippen LogP contribution in [0.2, 0.25) is 0 Å². The lowest BCUT2D eigenvalue weighted by molar-refractivity contribution is -0.274. The fraction of sp³-hybridized carbons (Fsp3) is 0.200. The molecule has 96 valence electrons. The van der Waals surface area contributed by atoms with E-state index in [0.29, 0.717) is 9.71 Å². The first-order chi connectivity index (χ1) is 8.26. The first-order valence-electron chi connectivity index (χ1n) is 4.64. The van der Waals surface area contributed by atoms with Crippen LogP contribution in [-0.4, -0.2) is 17.3 Å². The number of rotatable bonds is 2. The number of carbonyl (C=O) groups is 1. The molecule has 0 N–H and O–H groups in total. The van der Waals surface area contributed by atoms with Crippen molar-refractivity contribution in [3.05, 3.63) is 22.7 Å². The van der Waals surface area contributed by atoms with Crippen LogP contribution >= 0.6 is 11.3 Å². The highest BCUT2D eigenvalue weighted by atomic mass is 32.1. The molecule has 18 heavy (non-hydrogen) atoms. The molecule has 2 rings (SSSR count). The summed E-state index contributed by atoms with van der Waals surface area (Å²) in [6, 6.07) is 1.85. The third-order valence-electron chi connectivity index (χ3n) is 2.03. The molecule has 1 aromatic heterocycles. The van der Waals surface area contributed by atoms with Crippen LogP contribution in [0.15, 0.2) is 12.1 Å². The number of halogens is 3. The summed E-state index contributed by atoms with van der Waals surface area (Å²) in [7, 11) is 0. The largest absolute Gasteiger partial charge is 0.573 e. The molecule has 0 atom stereocenters. The number of ether oxygens (including phenoxy) is 1. The van der Waals surface area contributed by atoms with E-state index in [2.05, 4.69) is 9.72 Å². The van der Waals surface area contributed by atoms with Gasteiger partial charge in [-0.2, -0.15) is 0 Å². The van der Waals surface area contributed by atoms with Crippen LogP contribution in [0.3, 0.4) is 0 Å². The molecule has 0 aliphatic rings. The minimum Gasteiger partial charge on any atom is -0.545 e. The second-order valence-corrected chi connectivity index (χ2v) is 4.62. The Morgan fingerprint density at radius 2 is 2.11 bits per heavy atom. The second-order valence-electron chi connectivity index (χ2n) is 3.39. The number of nitrogens with zero attached hydrogens (tertiary/aromatic N) is 1. The molecule has 0 saturated carbocycles. The van der Waals surface area contributed by atoms with Crippen molar-refractivity contribution in [1.82, 2.24) is 4.98 Å². The predicted octanol–water partition coefficient (Wildman–Crippen LogP) is 1.87. The Hall–Kier alpha value is -1.83. The molecule has 0 aliphatic carbocycles. The third kappa shape index (κ3) is 2.53. The Morgan fingerprint density at radius 1 is 1.44 bits per heavy atom. The number of aromatic nitrogens is 1. The van der Waals surface area contributed by atoms with Crippen molar-refractivity contribution in [1.29, 1.82) is 0 Å². The van der Waals surface area contributed by atoms with E-state index in [1.54, 1.807) is 6.92 Å². The number of benzene rings is 1. The average Bonchev–Trinajstić information content (AvgIpc) is 2.53. The summed E-state index contributed by atoms with van der Waals surface area (Å²) < 4.78 is 40.2. The van der Waals surface area contributed by atoms with Crippen LogP contribution in [0.5, 0.6) is 5.75 Å². The summed E-state index contributed by atoms with van der Waals surface area (Å²) in [6.07, 6.45) is -4.88. The number of carboxylic acid groups (broad SMARTS) is 1. The minimum absolute atomic E-state index is 0.104. The number of carboxylic acids is 1. The van der Waals surface area contributed by atoms with E-state index in [1.165, 1.54) is 0 Å². The SMILES string of the molecule is Cc1nc2c(C(=O)[O-])cc(OC(F)(F)F)cc2s1. The maximum atomic E-state index is 12.1. The van der Waals surface area contributed by atoms with Gasteiger partial charge in [-0.3, -0.25) is 0 Å². The fourth-order valence-corrected chi connectivity index (χ4v) is 2.35. The lowest BCUT2D eigenvalue weighted by Gasteiger charge is -2.11. The van der Waals surface area contributed by atoms with Gasteiger partial charge in [-0.1, -0.05) is 0 Å². The van der Waals surface area contributed by atoms with E-state index in [-0.39, 0.29) is 5.52 Å². The van der Waals surface area contributed by atoms with Gasteiger partial charge in [0, 0.05) is 11.6 Å². The molecular weight excluding hydrogens is 271 g/mol. The van der Waals surface area contributed by atoms with Crippen molar-refractivity contribution >= 4 is 27.5 Å². The number of hydrogen-bond acceptors (Lipinski definition) is 5. The normalized spacial score (nSPS) is 11.8. The maximum Gasteiger partial charge on any atom is 0.573 e. The monoisotopic (exact) mass is 276 g/mol. The molecule has 0 amide bonds. The maximum absolute atomic E-state index is 12.1. The number of fused-ring (bicyclic) bond motifs is 1. The smallest absolute Gasteiger partial charge is 0.545 e. The molecule has 0 aliphatic heterocycles. The Labute approximate surface area is 103 Å². The zero-order valence-corrected chi connectivity index (χ0v) is 9.69. The van der Waals surface area contributed by atoms with Gasteiger partial charge in [0.2, 0.25) is 0 Å². The molecule has 1 aromatic carbocycles. The van der Waals surface area contributed by atoms with Crippen LogP contribution in [-0.2, 0) is 0 Å². The van der Waals surface area contributed by atoms with Crippen LogP contribution in [0.25, 0.3) is 10.2 Å². The Balaban J connectivity index is 2.60. The highest BCUT2D eigenvalue weighted by molar-refractivity contribution is 7.18. The van der Waals surface area contributed by atoms with Gasteiger partial charge in [-0.25, -0.2) is 4.98 Å². The molecule has 1 heterocycles. The van der Waals surface area contributed by atoms with Gasteiger partial charge in [-0.05, 0) is 13.0 Å². The minimum atomic E-state index is -4.88. The Morgan fingerprint density at radius 3 is 2.67 bits per heavy atom. The first-order valence-corrected chi connectivity index (χ1v) is 5.46.